The summed E-state index contributed by atoms with van der Waals surface area (Å²) < 4.78 is 45.2. The molecule has 8 nitrogen and oxygen atoms in total. The Bertz CT molecular complexity index is 1330. The van der Waals surface area contributed by atoms with Crippen molar-refractivity contribution in [1.82, 2.24) is 19.7 Å². The van der Waals surface area contributed by atoms with E-state index < -0.39 is 34.6 Å². The van der Waals surface area contributed by atoms with Gasteiger partial charge in [0.25, 0.3) is 11.5 Å². The molecule has 0 bridgehead atoms. The van der Waals surface area contributed by atoms with Crippen molar-refractivity contribution in [3.63, 3.8) is 0 Å². The second-order valence-electron chi connectivity index (χ2n) is 7.66. The molecule has 0 saturated carbocycles. The SMILES string of the molecule is COCCCNC(=O)c1nn(-c2ccc(C)c(Cl)c2)c(=O)n(Cc2ccc(C(F)(F)F)cc2)c1=O. The van der Waals surface area contributed by atoms with Crippen molar-refractivity contribution in [2.45, 2.75) is 26.1 Å². The average Bonchev–Trinajstić information content (AvgIpc) is 2.81. The van der Waals surface area contributed by atoms with E-state index in [-0.39, 0.29) is 24.3 Å². The summed E-state index contributed by atoms with van der Waals surface area (Å²) in [6.07, 6.45) is -4.05. The van der Waals surface area contributed by atoms with Gasteiger partial charge in [0.15, 0.2) is 0 Å². The topological polar surface area (TPSA) is 95.2 Å². The fraction of sp³-hybridized carbons (Fsp3) is 0.304. The summed E-state index contributed by atoms with van der Waals surface area (Å²) in [5.41, 5.74) is -2.09. The van der Waals surface area contributed by atoms with Gasteiger partial charge in [-0.15, -0.1) is 0 Å². The highest BCUT2D eigenvalue weighted by molar-refractivity contribution is 6.31. The first kappa shape index (κ1) is 26.2. The predicted molar refractivity (Wildman–Crippen MR) is 123 cm³/mol. The third-order valence-electron chi connectivity index (χ3n) is 5.11. The highest BCUT2D eigenvalue weighted by atomic mass is 35.5. The zero-order valence-electron chi connectivity index (χ0n) is 18.9. The van der Waals surface area contributed by atoms with Crippen LogP contribution in [0.25, 0.3) is 5.69 Å². The molecule has 1 N–H and O–H groups in total. The van der Waals surface area contributed by atoms with Crippen LogP contribution in [-0.2, 0) is 17.5 Å². The van der Waals surface area contributed by atoms with E-state index in [1.54, 1.807) is 19.1 Å². The summed E-state index contributed by atoms with van der Waals surface area (Å²) >= 11 is 6.17. The van der Waals surface area contributed by atoms with E-state index in [1.807, 2.05) is 0 Å². The minimum Gasteiger partial charge on any atom is -0.385 e. The zero-order valence-corrected chi connectivity index (χ0v) is 19.6. The Morgan fingerprint density at radius 2 is 1.83 bits per heavy atom. The van der Waals surface area contributed by atoms with Gasteiger partial charge in [0, 0.05) is 25.3 Å². The molecule has 0 aliphatic rings. The highest BCUT2D eigenvalue weighted by Gasteiger charge is 2.30. The number of alkyl halides is 3. The van der Waals surface area contributed by atoms with Crippen LogP contribution < -0.4 is 16.6 Å². The van der Waals surface area contributed by atoms with E-state index in [4.69, 9.17) is 16.3 Å². The molecule has 0 atom stereocenters. The molecule has 0 fully saturated rings. The van der Waals surface area contributed by atoms with Crippen LogP contribution >= 0.6 is 11.6 Å². The Balaban J connectivity index is 2.08. The Morgan fingerprint density at radius 1 is 1.14 bits per heavy atom. The number of methoxy groups -OCH3 is 1. The molecule has 1 heterocycles. The van der Waals surface area contributed by atoms with Crippen molar-refractivity contribution in [2.75, 3.05) is 20.3 Å². The number of halogens is 4. The van der Waals surface area contributed by atoms with Crippen LogP contribution in [0, 0.1) is 6.92 Å². The molecule has 0 radical (unpaired) electrons. The lowest BCUT2D eigenvalue weighted by atomic mass is 10.1. The standard InChI is InChI=1S/C23H22ClF3N4O4/c1-14-4-9-17(12-18(14)24)31-22(34)30(13-15-5-7-16(8-6-15)23(25,26)27)21(33)19(29-31)20(32)28-10-3-11-35-2/h4-9,12H,3,10-11,13H2,1-2H3,(H,28,32). The number of nitrogens with one attached hydrogen (secondary N) is 1. The Morgan fingerprint density at radius 3 is 2.43 bits per heavy atom. The number of carbonyl (C=O) groups excluding carboxylic acids is 1. The number of carbonyl (C=O) groups is 1. The summed E-state index contributed by atoms with van der Waals surface area (Å²) in [5, 5.41) is 6.86. The van der Waals surface area contributed by atoms with Crippen molar-refractivity contribution < 1.29 is 22.7 Å². The lowest BCUT2D eigenvalue weighted by Crippen LogP contribution is -2.46. The normalized spacial score (nSPS) is 11.5. The highest BCUT2D eigenvalue weighted by Crippen LogP contribution is 2.29. The molecule has 0 spiro atoms. The van der Waals surface area contributed by atoms with Crippen molar-refractivity contribution >= 4 is 17.5 Å². The Hall–Kier alpha value is -3.44. The van der Waals surface area contributed by atoms with Crippen molar-refractivity contribution in [2.24, 2.45) is 0 Å². The van der Waals surface area contributed by atoms with Crippen LogP contribution in [0.15, 0.2) is 52.1 Å². The van der Waals surface area contributed by atoms with Crippen molar-refractivity contribution in [3.8, 4) is 5.69 Å². The molecule has 35 heavy (non-hydrogen) atoms. The first-order valence-corrected chi connectivity index (χ1v) is 10.8. The largest absolute Gasteiger partial charge is 0.416 e. The minimum atomic E-state index is -4.53. The number of aryl methyl sites for hydroxylation is 1. The van der Waals surface area contributed by atoms with Gasteiger partial charge in [0.1, 0.15) is 0 Å². The smallest absolute Gasteiger partial charge is 0.385 e. The summed E-state index contributed by atoms with van der Waals surface area (Å²) in [6.45, 7) is 1.96. The van der Waals surface area contributed by atoms with Gasteiger partial charge in [-0.25, -0.2) is 4.79 Å². The lowest BCUT2D eigenvalue weighted by Gasteiger charge is -2.13. The Labute approximate surface area is 202 Å². The molecule has 3 aromatic rings. The number of amides is 1. The van der Waals surface area contributed by atoms with E-state index in [0.717, 1.165) is 39.1 Å². The fourth-order valence-electron chi connectivity index (χ4n) is 3.16. The van der Waals surface area contributed by atoms with Gasteiger partial charge in [-0.2, -0.15) is 23.0 Å². The molecular formula is C23H22ClF3N4O4. The van der Waals surface area contributed by atoms with E-state index >= 15 is 0 Å². The van der Waals surface area contributed by atoms with Gasteiger partial charge in [0.05, 0.1) is 17.8 Å². The number of benzene rings is 2. The molecule has 1 amide bonds. The van der Waals surface area contributed by atoms with Crippen molar-refractivity contribution in [1.29, 1.82) is 0 Å². The van der Waals surface area contributed by atoms with E-state index in [0.29, 0.717) is 18.1 Å². The lowest BCUT2D eigenvalue weighted by molar-refractivity contribution is -0.137. The predicted octanol–water partition coefficient (Wildman–Crippen LogP) is 3.19. The summed E-state index contributed by atoms with van der Waals surface area (Å²) in [7, 11) is 1.51. The number of ether oxygens (including phenoxy) is 1. The molecule has 0 unspecified atom stereocenters. The van der Waals surface area contributed by atoms with Gasteiger partial charge in [0.2, 0.25) is 5.69 Å². The fourth-order valence-corrected chi connectivity index (χ4v) is 3.34. The molecule has 1 aromatic heterocycles. The van der Waals surface area contributed by atoms with Gasteiger partial charge >= 0.3 is 11.9 Å². The molecule has 12 heteroatoms. The summed E-state index contributed by atoms with van der Waals surface area (Å²) in [5.74, 6) is -0.806. The number of aromatic nitrogens is 3. The number of nitrogens with zero attached hydrogens (tertiary/aromatic N) is 3. The maximum Gasteiger partial charge on any atom is 0.416 e. The molecule has 0 aliphatic carbocycles. The molecule has 0 saturated heterocycles. The number of rotatable bonds is 8. The number of hydrogen-bond acceptors (Lipinski definition) is 5. The minimum absolute atomic E-state index is 0.197. The average molecular weight is 511 g/mol. The van der Waals surface area contributed by atoms with E-state index in [9.17, 15) is 27.6 Å². The van der Waals surface area contributed by atoms with Gasteiger partial charge in [-0.1, -0.05) is 29.8 Å². The van der Waals surface area contributed by atoms with Gasteiger partial charge in [-0.3, -0.25) is 14.2 Å². The monoisotopic (exact) mass is 510 g/mol. The van der Waals surface area contributed by atoms with Crippen LogP contribution in [0.3, 0.4) is 0 Å². The molecule has 186 valence electrons. The maximum absolute atomic E-state index is 13.2. The second kappa shape index (κ2) is 10.9. The first-order valence-electron chi connectivity index (χ1n) is 10.5. The number of hydrogen-bond donors (Lipinski definition) is 1. The zero-order chi connectivity index (χ0) is 25.8. The molecular weight excluding hydrogens is 489 g/mol. The molecule has 0 aliphatic heterocycles. The van der Waals surface area contributed by atoms with Crippen LogP contribution in [-0.4, -0.2) is 40.5 Å². The van der Waals surface area contributed by atoms with E-state index in [1.165, 1.54) is 13.2 Å². The van der Waals surface area contributed by atoms with Crippen LogP contribution in [0.2, 0.25) is 5.02 Å². The van der Waals surface area contributed by atoms with Crippen LogP contribution in [0.4, 0.5) is 13.2 Å². The molecule has 2 aromatic carbocycles. The van der Waals surface area contributed by atoms with E-state index in [2.05, 4.69) is 10.4 Å². The van der Waals surface area contributed by atoms with Crippen LogP contribution in [0.1, 0.15) is 33.6 Å². The summed E-state index contributed by atoms with van der Waals surface area (Å²) in [4.78, 5) is 38.9. The molecule has 3 rings (SSSR count). The third kappa shape index (κ3) is 6.17. The Kier molecular flexibility index (Phi) is 8.13. The second-order valence-corrected chi connectivity index (χ2v) is 8.07. The first-order chi connectivity index (χ1) is 16.5. The maximum atomic E-state index is 13.2. The third-order valence-corrected chi connectivity index (χ3v) is 5.51. The van der Waals surface area contributed by atoms with Crippen molar-refractivity contribution in [3.05, 3.63) is 90.7 Å². The summed E-state index contributed by atoms with van der Waals surface area (Å²) in [6, 6.07) is 8.66. The quantitative estimate of drug-likeness (QED) is 0.470. The van der Waals surface area contributed by atoms with Crippen LogP contribution in [0.5, 0.6) is 0 Å². The van der Waals surface area contributed by atoms with Gasteiger partial charge in [-0.05, 0) is 48.7 Å². The van der Waals surface area contributed by atoms with Gasteiger partial charge < -0.3 is 10.1 Å².